The zero-order valence-corrected chi connectivity index (χ0v) is 21.9. The summed E-state index contributed by atoms with van der Waals surface area (Å²) in [5.74, 6) is 3.46. The van der Waals surface area contributed by atoms with Gasteiger partial charge in [-0.25, -0.2) is 0 Å². The minimum absolute atomic E-state index is 0.0252. The first-order chi connectivity index (χ1) is 16.3. The lowest BCUT2D eigenvalue weighted by Crippen LogP contribution is -2.52. The van der Waals surface area contributed by atoms with E-state index in [-0.39, 0.29) is 18.3 Å². The van der Waals surface area contributed by atoms with Crippen molar-refractivity contribution in [3.63, 3.8) is 0 Å². The number of β-amino-alcohol motifs (C(OH)–C–C–N with tert-alkyl or cyclic N) is 1. The number of fused-ring (bicyclic) bond motifs is 6. The van der Waals surface area contributed by atoms with Crippen LogP contribution in [0.1, 0.15) is 85.5 Å². The maximum Gasteiger partial charge on any atom is 0.0765 e. The Morgan fingerprint density at radius 3 is 2.79 bits per heavy atom. The number of hydrogen-bond donors (Lipinski definition) is 2. The summed E-state index contributed by atoms with van der Waals surface area (Å²) in [6, 6.07) is 0.460. The fourth-order valence-corrected chi connectivity index (χ4v) is 10.0. The molecule has 4 heteroatoms. The van der Waals surface area contributed by atoms with E-state index in [1.54, 1.807) is 16.7 Å². The molecule has 2 aliphatic heterocycles. The molecule has 2 heterocycles. The van der Waals surface area contributed by atoms with E-state index in [9.17, 15) is 10.2 Å². The van der Waals surface area contributed by atoms with E-state index in [0.717, 1.165) is 50.1 Å². The molecule has 2 saturated carbocycles. The molecule has 1 unspecified atom stereocenters. The number of likely N-dealkylation sites (tertiary alicyclic amines) is 1. The van der Waals surface area contributed by atoms with Crippen LogP contribution >= 0.6 is 0 Å². The highest BCUT2D eigenvalue weighted by atomic mass is 16.5. The first kappa shape index (κ1) is 23.7. The Bertz CT molecular complexity index is 880. The van der Waals surface area contributed by atoms with Crippen LogP contribution in [0.3, 0.4) is 0 Å². The summed E-state index contributed by atoms with van der Waals surface area (Å²) in [6.45, 7) is 11.9. The molecular weight excluding hydrogens is 422 g/mol. The molecule has 10 atom stereocenters. The number of hydrogen-bond acceptors (Lipinski definition) is 4. The molecule has 34 heavy (non-hydrogen) atoms. The zero-order chi connectivity index (χ0) is 23.8. The topological polar surface area (TPSA) is 52.9 Å². The van der Waals surface area contributed by atoms with Crippen LogP contribution in [-0.2, 0) is 4.74 Å². The molecule has 0 aromatic heterocycles. The van der Waals surface area contributed by atoms with Crippen molar-refractivity contribution in [1.82, 2.24) is 4.90 Å². The van der Waals surface area contributed by atoms with Gasteiger partial charge in [0, 0.05) is 25.0 Å². The van der Waals surface area contributed by atoms with Gasteiger partial charge in [0.05, 0.1) is 24.4 Å². The second-order valence-corrected chi connectivity index (χ2v) is 13.4. The molecule has 0 amide bonds. The van der Waals surface area contributed by atoms with Gasteiger partial charge >= 0.3 is 0 Å². The predicted molar refractivity (Wildman–Crippen MR) is 135 cm³/mol. The molecule has 6 aliphatic rings. The first-order valence-electron chi connectivity index (χ1n) is 14.4. The Balaban J connectivity index is 1.28. The van der Waals surface area contributed by atoms with Crippen LogP contribution in [0.15, 0.2) is 22.8 Å². The van der Waals surface area contributed by atoms with Crippen molar-refractivity contribution in [2.45, 2.75) is 109 Å². The predicted octanol–water partition coefficient (Wildman–Crippen LogP) is 5.10. The average Bonchev–Trinajstić information content (AvgIpc) is 3.25. The number of aliphatic hydroxyl groups is 2. The first-order valence-corrected chi connectivity index (χ1v) is 14.4. The van der Waals surface area contributed by atoms with Gasteiger partial charge in [-0.15, -0.1) is 0 Å². The molecular formula is C30H47NO3. The fourth-order valence-electron chi connectivity index (χ4n) is 10.0. The molecule has 1 spiro atoms. The van der Waals surface area contributed by atoms with E-state index < -0.39 is 0 Å². The van der Waals surface area contributed by atoms with Crippen LogP contribution < -0.4 is 0 Å². The Morgan fingerprint density at radius 2 is 2.00 bits per heavy atom. The number of piperidine rings is 1. The second kappa shape index (κ2) is 8.43. The highest BCUT2D eigenvalue weighted by Gasteiger charge is 2.59. The number of rotatable bonds is 2. The Morgan fingerprint density at radius 1 is 1.18 bits per heavy atom. The number of aliphatic hydroxyl groups excluding tert-OH is 2. The number of allylic oxidation sites excluding steroid dienone is 2. The van der Waals surface area contributed by atoms with Crippen LogP contribution in [0.2, 0.25) is 0 Å². The molecule has 0 aromatic carbocycles. The lowest BCUT2D eigenvalue weighted by atomic mass is 9.56. The summed E-state index contributed by atoms with van der Waals surface area (Å²) in [5.41, 5.74) is 5.25. The average molecular weight is 470 g/mol. The lowest BCUT2D eigenvalue weighted by molar-refractivity contribution is -0.0799. The van der Waals surface area contributed by atoms with Gasteiger partial charge in [0.2, 0.25) is 0 Å². The molecule has 4 fully saturated rings. The van der Waals surface area contributed by atoms with Crippen molar-refractivity contribution in [2.75, 3.05) is 19.7 Å². The van der Waals surface area contributed by atoms with Gasteiger partial charge in [-0.1, -0.05) is 43.6 Å². The fraction of sp³-hybridized carbons (Fsp3) is 0.867. The second-order valence-electron chi connectivity index (χ2n) is 13.4. The van der Waals surface area contributed by atoms with E-state index in [1.165, 1.54) is 38.5 Å². The maximum absolute atomic E-state index is 10.3. The van der Waals surface area contributed by atoms with E-state index >= 15 is 0 Å². The third-order valence-electron chi connectivity index (χ3n) is 11.7. The monoisotopic (exact) mass is 469 g/mol. The van der Waals surface area contributed by atoms with Gasteiger partial charge in [0.25, 0.3) is 0 Å². The SMILES string of the molecule is CC1=C2C[C@H]3[C@@H](CCC4=CC(O)CC[C@@]43C)[C@@H]2CC[C@@]2(C1)O[C@@H]1C[C@H](C)CN(CCO)[C@H]1[C@H]2C. The van der Waals surface area contributed by atoms with Gasteiger partial charge < -0.3 is 14.9 Å². The molecule has 0 aromatic rings. The van der Waals surface area contributed by atoms with Crippen molar-refractivity contribution >= 4 is 0 Å². The molecule has 4 nitrogen and oxygen atoms in total. The van der Waals surface area contributed by atoms with Crippen LogP contribution in [0.5, 0.6) is 0 Å². The molecule has 0 radical (unpaired) electrons. The minimum Gasteiger partial charge on any atom is -0.395 e. The third kappa shape index (κ3) is 3.45. The van der Waals surface area contributed by atoms with Crippen LogP contribution in [-0.4, -0.2) is 58.7 Å². The van der Waals surface area contributed by atoms with Crippen molar-refractivity contribution in [3.05, 3.63) is 22.8 Å². The van der Waals surface area contributed by atoms with E-state index in [0.29, 0.717) is 29.4 Å². The summed E-state index contributed by atoms with van der Waals surface area (Å²) >= 11 is 0. The summed E-state index contributed by atoms with van der Waals surface area (Å²) in [7, 11) is 0. The van der Waals surface area contributed by atoms with Crippen molar-refractivity contribution < 1.29 is 14.9 Å². The standard InChI is InChI=1S/C30H47NO3/c1-18-13-27-28(31(17-18)11-12-32)20(3)30(34-27)10-8-23-24-6-5-21-14-22(33)7-9-29(21,4)26(24)15-25(23)19(2)16-30/h14,18,20,22-24,26-28,32-33H,5-13,15-17H2,1-4H3/t18-,20+,22?,23-,24-,26-,27+,28-,29-,30-/m0/s1. The Labute approximate surface area is 206 Å². The Hall–Kier alpha value is -0.680. The van der Waals surface area contributed by atoms with Crippen LogP contribution in [0.25, 0.3) is 0 Å². The lowest BCUT2D eigenvalue weighted by Gasteiger charge is -2.49. The van der Waals surface area contributed by atoms with Gasteiger partial charge in [0.1, 0.15) is 0 Å². The van der Waals surface area contributed by atoms with Gasteiger partial charge in [0.15, 0.2) is 0 Å². The molecule has 4 aliphatic carbocycles. The molecule has 190 valence electrons. The van der Waals surface area contributed by atoms with Gasteiger partial charge in [-0.05, 0) is 93.8 Å². The highest BCUT2D eigenvalue weighted by molar-refractivity contribution is 5.33. The van der Waals surface area contributed by atoms with E-state index in [1.807, 2.05) is 0 Å². The quantitative estimate of drug-likeness (QED) is 0.553. The van der Waals surface area contributed by atoms with Crippen molar-refractivity contribution in [1.29, 1.82) is 0 Å². The molecule has 2 N–H and O–H groups in total. The largest absolute Gasteiger partial charge is 0.395 e. The highest BCUT2D eigenvalue weighted by Crippen LogP contribution is 2.64. The van der Waals surface area contributed by atoms with E-state index in [4.69, 9.17) is 4.74 Å². The van der Waals surface area contributed by atoms with Crippen LogP contribution in [0.4, 0.5) is 0 Å². The van der Waals surface area contributed by atoms with Crippen LogP contribution in [0, 0.1) is 35.0 Å². The Kier molecular flexibility index (Phi) is 5.88. The molecule has 2 saturated heterocycles. The third-order valence-corrected chi connectivity index (χ3v) is 11.7. The van der Waals surface area contributed by atoms with Gasteiger partial charge in [-0.2, -0.15) is 0 Å². The minimum atomic E-state index is -0.218. The van der Waals surface area contributed by atoms with Crippen molar-refractivity contribution in [3.8, 4) is 0 Å². The summed E-state index contributed by atoms with van der Waals surface area (Å²) < 4.78 is 7.13. The van der Waals surface area contributed by atoms with Gasteiger partial charge in [-0.3, -0.25) is 4.90 Å². The molecule has 6 rings (SSSR count). The molecule has 0 bridgehead atoms. The summed E-state index contributed by atoms with van der Waals surface area (Å²) in [4.78, 5) is 2.55. The maximum atomic E-state index is 10.3. The number of nitrogens with zero attached hydrogens (tertiary/aromatic N) is 1. The normalized spacial score (nSPS) is 50.9. The number of ether oxygens (including phenoxy) is 1. The summed E-state index contributed by atoms with van der Waals surface area (Å²) in [5, 5.41) is 20.0. The van der Waals surface area contributed by atoms with E-state index in [2.05, 4.69) is 38.7 Å². The smallest absolute Gasteiger partial charge is 0.0765 e. The van der Waals surface area contributed by atoms with Crippen molar-refractivity contribution in [2.24, 2.45) is 35.0 Å². The summed E-state index contributed by atoms with van der Waals surface area (Å²) in [6.07, 6.45) is 12.9. The zero-order valence-electron chi connectivity index (χ0n) is 21.9.